The Morgan fingerprint density at radius 1 is 1.25 bits per heavy atom. The van der Waals surface area contributed by atoms with Crippen molar-refractivity contribution >= 4 is 5.82 Å². The summed E-state index contributed by atoms with van der Waals surface area (Å²) in [6, 6.07) is 7.27. The third kappa shape index (κ3) is 4.14. The van der Waals surface area contributed by atoms with Gasteiger partial charge in [0.1, 0.15) is 11.6 Å². The first kappa shape index (κ1) is 16.5. The van der Waals surface area contributed by atoms with Gasteiger partial charge in [0.15, 0.2) is 5.82 Å². The largest absolute Gasteiger partial charge is 0.573 e. The van der Waals surface area contributed by atoms with Crippen molar-refractivity contribution in [2.45, 2.75) is 25.3 Å². The van der Waals surface area contributed by atoms with E-state index in [1.54, 1.807) is 18.3 Å². The minimum Gasteiger partial charge on any atom is -0.406 e. The average molecular weight is 339 g/mol. The Balaban J connectivity index is 1.85. The summed E-state index contributed by atoms with van der Waals surface area (Å²) >= 11 is 0. The van der Waals surface area contributed by atoms with Gasteiger partial charge in [0.2, 0.25) is 0 Å². The molecule has 3 rings (SSSR count). The van der Waals surface area contributed by atoms with Crippen LogP contribution in [-0.2, 0) is 0 Å². The van der Waals surface area contributed by atoms with Gasteiger partial charge in [-0.2, -0.15) is 0 Å². The van der Waals surface area contributed by atoms with Gasteiger partial charge in [0.05, 0.1) is 6.10 Å². The van der Waals surface area contributed by atoms with Gasteiger partial charge in [-0.25, -0.2) is 9.97 Å². The number of β-amino-alcohol motifs (C(OH)–C–C–N with tert-alkyl or cyclic N) is 1. The lowest BCUT2D eigenvalue weighted by Crippen LogP contribution is -2.38. The molecule has 0 saturated carbocycles. The van der Waals surface area contributed by atoms with Crippen molar-refractivity contribution in [3.05, 3.63) is 36.5 Å². The Kier molecular flexibility index (Phi) is 4.57. The molecule has 1 N–H and O–H groups in total. The number of alkyl halides is 3. The lowest BCUT2D eigenvalue weighted by Gasteiger charge is -2.31. The molecule has 8 heteroatoms. The van der Waals surface area contributed by atoms with Gasteiger partial charge in [0, 0.05) is 24.8 Å². The summed E-state index contributed by atoms with van der Waals surface area (Å²) in [5.74, 6) is 0.628. The maximum Gasteiger partial charge on any atom is 0.573 e. The molecule has 1 aliphatic rings. The summed E-state index contributed by atoms with van der Waals surface area (Å²) in [7, 11) is 0. The highest BCUT2D eigenvalue weighted by Crippen LogP contribution is 2.27. The Morgan fingerprint density at radius 3 is 2.83 bits per heavy atom. The molecule has 0 bridgehead atoms. The Labute approximate surface area is 136 Å². The summed E-state index contributed by atoms with van der Waals surface area (Å²) in [5.41, 5.74) is 0.427. The molecule has 0 unspecified atom stereocenters. The van der Waals surface area contributed by atoms with E-state index in [0.717, 1.165) is 19.4 Å². The molecule has 1 aliphatic heterocycles. The van der Waals surface area contributed by atoms with E-state index in [2.05, 4.69) is 14.7 Å². The van der Waals surface area contributed by atoms with Crippen molar-refractivity contribution < 1.29 is 23.0 Å². The number of aliphatic hydroxyl groups excluding tert-OH is 1. The van der Waals surface area contributed by atoms with Crippen LogP contribution in [0, 0.1) is 0 Å². The minimum absolute atomic E-state index is 0.306. The Hall–Kier alpha value is -2.35. The molecule has 5 nitrogen and oxygen atoms in total. The zero-order valence-corrected chi connectivity index (χ0v) is 12.7. The fraction of sp³-hybridized carbons (Fsp3) is 0.375. The second-order valence-electron chi connectivity index (χ2n) is 5.56. The molecule has 0 aliphatic carbocycles. The molecular weight excluding hydrogens is 323 g/mol. The van der Waals surface area contributed by atoms with E-state index in [0.29, 0.717) is 23.8 Å². The van der Waals surface area contributed by atoms with Gasteiger partial charge < -0.3 is 14.7 Å². The number of benzene rings is 1. The van der Waals surface area contributed by atoms with Crippen molar-refractivity contribution in [3.8, 4) is 17.1 Å². The molecule has 1 atom stereocenters. The number of aromatic nitrogens is 2. The van der Waals surface area contributed by atoms with Gasteiger partial charge in [-0.05, 0) is 31.0 Å². The molecule has 2 aromatic rings. The molecule has 24 heavy (non-hydrogen) atoms. The first-order valence-corrected chi connectivity index (χ1v) is 7.53. The van der Waals surface area contributed by atoms with Crippen LogP contribution in [0.5, 0.6) is 5.75 Å². The second kappa shape index (κ2) is 6.64. The van der Waals surface area contributed by atoms with E-state index in [9.17, 15) is 18.3 Å². The van der Waals surface area contributed by atoms with Gasteiger partial charge in [-0.1, -0.05) is 12.1 Å². The maximum absolute atomic E-state index is 12.3. The zero-order chi connectivity index (χ0) is 17.2. The molecule has 1 fully saturated rings. The Bertz CT molecular complexity index is 709. The number of nitrogens with zero attached hydrogens (tertiary/aromatic N) is 3. The van der Waals surface area contributed by atoms with Crippen LogP contribution in [0.15, 0.2) is 36.5 Å². The monoisotopic (exact) mass is 339 g/mol. The molecule has 1 saturated heterocycles. The van der Waals surface area contributed by atoms with Crippen molar-refractivity contribution in [3.63, 3.8) is 0 Å². The SMILES string of the molecule is O[C@@H]1CCCN(c2ccnc(-c3cccc(OC(F)(F)F)c3)n2)C1. The minimum atomic E-state index is -4.74. The van der Waals surface area contributed by atoms with Gasteiger partial charge in [-0.3, -0.25) is 0 Å². The molecule has 0 amide bonds. The molecule has 2 heterocycles. The maximum atomic E-state index is 12.3. The number of hydrogen-bond acceptors (Lipinski definition) is 5. The second-order valence-corrected chi connectivity index (χ2v) is 5.56. The summed E-state index contributed by atoms with van der Waals surface area (Å²) in [6.07, 6.45) is -1.98. The topological polar surface area (TPSA) is 58.5 Å². The van der Waals surface area contributed by atoms with Crippen LogP contribution >= 0.6 is 0 Å². The number of ether oxygens (including phenoxy) is 1. The fourth-order valence-electron chi connectivity index (χ4n) is 2.66. The molecule has 0 spiro atoms. The fourth-order valence-corrected chi connectivity index (χ4v) is 2.66. The number of hydrogen-bond donors (Lipinski definition) is 1. The predicted octanol–water partition coefficient (Wildman–Crippen LogP) is 3.00. The summed E-state index contributed by atoms with van der Waals surface area (Å²) < 4.78 is 40.9. The van der Waals surface area contributed by atoms with E-state index >= 15 is 0 Å². The number of halogens is 3. The lowest BCUT2D eigenvalue weighted by atomic mass is 10.1. The number of rotatable bonds is 3. The quantitative estimate of drug-likeness (QED) is 0.932. The summed E-state index contributed by atoms with van der Waals surface area (Å²) in [5, 5.41) is 9.76. The molecular formula is C16H16F3N3O2. The van der Waals surface area contributed by atoms with Crippen LogP contribution in [0.4, 0.5) is 19.0 Å². The number of piperidine rings is 1. The number of anilines is 1. The van der Waals surface area contributed by atoms with Crippen LogP contribution in [0.1, 0.15) is 12.8 Å². The van der Waals surface area contributed by atoms with Crippen molar-refractivity contribution in [1.29, 1.82) is 0 Å². The van der Waals surface area contributed by atoms with E-state index in [1.807, 2.05) is 4.90 Å². The van der Waals surface area contributed by atoms with Crippen LogP contribution < -0.4 is 9.64 Å². The van der Waals surface area contributed by atoms with Crippen molar-refractivity contribution in [2.75, 3.05) is 18.0 Å². The highest BCUT2D eigenvalue weighted by molar-refractivity contribution is 5.59. The first-order chi connectivity index (χ1) is 11.4. The molecule has 1 aromatic carbocycles. The van der Waals surface area contributed by atoms with Crippen LogP contribution in [-0.4, -0.2) is 40.6 Å². The molecule has 128 valence electrons. The molecule has 0 radical (unpaired) electrons. The van der Waals surface area contributed by atoms with Crippen molar-refractivity contribution in [2.24, 2.45) is 0 Å². The Morgan fingerprint density at radius 2 is 2.08 bits per heavy atom. The smallest absolute Gasteiger partial charge is 0.406 e. The van der Waals surface area contributed by atoms with E-state index in [-0.39, 0.29) is 5.75 Å². The highest BCUT2D eigenvalue weighted by Gasteiger charge is 2.31. The van der Waals surface area contributed by atoms with Gasteiger partial charge in [0.25, 0.3) is 0 Å². The normalized spacial score (nSPS) is 18.5. The molecule has 1 aromatic heterocycles. The van der Waals surface area contributed by atoms with Crippen molar-refractivity contribution in [1.82, 2.24) is 9.97 Å². The zero-order valence-electron chi connectivity index (χ0n) is 12.7. The standard InChI is InChI=1S/C16H16F3N3O2/c17-16(18,19)24-13-5-1-3-11(9-13)15-20-7-6-14(21-15)22-8-2-4-12(23)10-22/h1,3,5-7,9,12,23H,2,4,8,10H2/t12-/m1/s1. The van der Waals surface area contributed by atoms with Gasteiger partial charge >= 0.3 is 6.36 Å². The van der Waals surface area contributed by atoms with Crippen LogP contribution in [0.25, 0.3) is 11.4 Å². The average Bonchev–Trinajstić information content (AvgIpc) is 2.54. The van der Waals surface area contributed by atoms with Crippen LogP contribution in [0.3, 0.4) is 0 Å². The predicted molar refractivity (Wildman–Crippen MR) is 81.6 cm³/mol. The third-order valence-corrected chi connectivity index (χ3v) is 3.69. The number of aliphatic hydroxyl groups is 1. The first-order valence-electron chi connectivity index (χ1n) is 7.53. The lowest BCUT2D eigenvalue weighted by molar-refractivity contribution is -0.274. The van der Waals surface area contributed by atoms with E-state index in [4.69, 9.17) is 0 Å². The van der Waals surface area contributed by atoms with Crippen LogP contribution in [0.2, 0.25) is 0 Å². The van der Waals surface area contributed by atoms with E-state index < -0.39 is 12.5 Å². The van der Waals surface area contributed by atoms with E-state index in [1.165, 1.54) is 18.2 Å². The summed E-state index contributed by atoms with van der Waals surface area (Å²) in [6.45, 7) is 1.25. The summed E-state index contributed by atoms with van der Waals surface area (Å²) in [4.78, 5) is 10.5. The highest BCUT2D eigenvalue weighted by atomic mass is 19.4. The van der Waals surface area contributed by atoms with Gasteiger partial charge in [-0.15, -0.1) is 13.2 Å². The third-order valence-electron chi connectivity index (χ3n) is 3.69.